The van der Waals surface area contributed by atoms with Gasteiger partial charge < -0.3 is 8.83 Å². The monoisotopic (exact) mass is 1070 g/mol. The van der Waals surface area contributed by atoms with Crippen molar-refractivity contribution in [3.05, 3.63) is 267 Å². The fourth-order valence-corrected chi connectivity index (χ4v) is 13.3. The Labute approximate surface area is 480 Å². The highest BCUT2D eigenvalue weighted by molar-refractivity contribution is 6.25. The molecule has 0 aliphatic heterocycles. The summed E-state index contributed by atoms with van der Waals surface area (Å²) in [6.45, 7) is 0. The van der Waals surface area contributed by atoms with Crippen molar-refractivity contribution in [1.82, 2.24) is 19.9 Å². The SMILES string of the molecule is c1ccc2c(c1)cc(-c1cc(-c3cc4ccccc4c4ccccc34)c3nc(-c4ccc(-c5nc6c7ccccc7c7ccccc7c6o5)cc4)nc(-c4ccc(-c5nc6c7ccccc7c7ccccc7c6o5)cc4)c3c1)c1ccccc12. The minimum absolute atomic E-state index is 0.554. The fourth-order valence-electron chi connectivity index (χ4n) is 13.3. The largest absolute Gasteiger partial charge is 0.435 e. The number of oxazole rings is 2. The third-order valence-electron chi connectivity index (χ3n) is 17.3. The van der Waals surface area contributed by atoms with Gasteiger partial charge in [0.25, 0.3) is 0 Å². The smallest absolute Gasteiger partial charge is 0.227 e. The first kappa shape index (κ1) is 46.4. The average Bonchev–Trinajstić information content (AvgIpc) is 4.21. The summed E-state index contributed by atoms with van der Waals surface area (Å²) in [6, 6.07) is 94.8. The van der Waals surface area contributed by atoms with Crippen LogP contribution < -0.4 is 0 Å². The van der Waals surface area contributed by atoms with Crippen molar-refractivity contribution in [2.75, 3.05) is 0 Å². The molecular formula is C78H44N4O2. The zero-order valence-corrected chi connectivity index (χ0v) is 45.0. The van der Waals surface area contributed by atoms with Crippen molar-refractivity contribution in [3.63, 3.8) is 0 Å². The van der Waals surface area contributed by atoms with Gasteiger partial charge in [0.05, 0.1) is 11.2 Å². The quantitative estimate of drug-likeness (QED) is 0.154. The molecule has 0 radical (unpaired) electrons. The first-order valence-corrected chi connectivity index (χ1v) is 28.4. The van der Waals surface area contributed by atoms with E-state index in [1.807, 2.05) is 0 Å². The highest BCUT2D eigenvalue weighted by Crippen LogP contribution is 2.46. The van der Waals surface area contributed by atoms with Crippen molar-refractivity contribution in [3.8, 4) is 67.8 Å². The molecule has 0 bridgehead atoms. The molecule has 0 fully saturated rings. The van der Waals surface area contributed by atoms with Crippen molar-refractivity contribution < 1.29 is 8.83 Å². The first-order chi connectivity index (χ1) is 41.6. The number of rotatable bonds is 6. The Balaban J connectivity index is 0.878. The lowest BCUT2D eigenvalue weighted by atomic mass is 9.87. The van der Waals surface area contributed by atoms with Gasteiger partial charge in [-0.25, -0.2) is 19.9 Å². The summed E-state index contributed by atoms with van der Waals surface area (Å²) in [6.07, 6.45) is 0. The topological polar surface area (TPSA) is 77.8 Å². The van der Waals surface area contributed by atoms with E-state index in [9.17, 15) is 0 Å². The number of aromatic nitrogens is 4. The van der Waals surface area contributed by atoms with Crippen LogP contribution in [0.3, 0.4) is 0 Å². The minimum Gasteiger partial charge on any atom is -0.435 e. The van der Waals surface area contributed by atoms with Crippen LogP contribution in [0, 0.1) is 0 Å². The molecule has 0 saturated heterocycles. The highest BCUT2D eigenvalue weighted by atomic mass is 16.4. The summed E-state index contributed by atoms with van der Waals surface area (Å²) in [5.74, 6) is 1.70. The molecule has 18 rings (SSSR count). The van der Waals surface area contributed by atoms with E-state index in [0.29, 0.717) is 17.6 Å². The number of hydrogen-bond acceptors (Lipinski definition) is 6. The summed E-state index contributed by atoms with van der Waals surface area (Å²) in [5, 5.41) is 19.2. The zero-order chi connectivity index (χ0) is 55.0. The predicted molar refractivity (Wildman–Crippen MR) is 347 cm³/mol. The second-order valence-corrected chi connectivity index (χ2v) is 21.9. The summed E-state index contributed by atoms with van der Waals surface area (Å²) in [4.78, 5) is 21.8. The molecule has 18 aromatic rings. The van der Waals surface area contributed by atoms with Crippen LogP contribution in [0.1, 0.15) is 0 Å². The molecule has 0 amide bonds. The van der Waals surface area contributed by atoms with Crippen molar-refractivity contribution >= 4 is 119 Å². The predicted octanol–water partition coefficient (Wildman–Crippen LogP) is 21.1. The van der Waals surface area contributed by atoms with Crippen LogP contribution in [0.2, 0.25) is 0 Å². The van der Waals surface area contributed by atoms with E-state index in [4.69, 9.17) is 28.8 Å². The van der Waals surface area contributed by atoms with Crippen LogP contribution in [0.15, 0.2) is 276 Å². The van der Waals surface area contributed by atoms with Gasteiger partial charge in [0.2, 0.25) is 11.8 Å². The van der Waals surface area contributed by atoms with E-state index in [1.54, 1.807) is 0 Å². The lowest BCUT2D eigenvalue weighted by Crippen LogP contribution is -1.99. The first-order valence-electron chi connectivity index (χ1n) is 28.4. The van der Waals surface area contributed by atoms with Crippen molar-refractivity contribution in [2.24, 2.45) is 0 Å². The molecule has 0 unspecified atom stereocenters. The third kappa shape index (κ3) is 7.04. The molecular weight excluding hydrogens is 1020 g/mol. The molecule has 3 heterocycles. The van der Waals surface area contributed by atoms with Crippen LogP contribution >= 0.6 is 0 Å². The van der Waals surface area contributed by atoms with Gasteiger partial charge in [0.15, 0.2) is 17.0 Å². The van der Waals surface area contributed by atoms with Gasteiger partial charge >= 0.3 is 0 Å². The van der Waals surface area contributed by atoms with E-state index < -0.39 is 0 Å². The standard InChI is InChI=1S/C78H44N4O2/c1-3-19-52-49(17-1)41-66(60-27-7-5-21-54(52)60)51-43-68(67-42-50-18-2-4-20-53(50)55-22-6-8-28-61(55)67)71-69(44-51)70(45-33-37-47(38-34-45)77-81-72-62-29-13-9-23-56(62)58-25-11-15-31-64(58)74(72)83-77)79-76(80-71)46-35-39-48(40-36-46)78-82-73-63-30-14-10-24-57(63)59-26-12-16-32-65(59)75(73)84-78/h1-44H. The molecule has 0 aliphatic carbocycles. The van der Waals surface area contributed by atoms with E-state index in [2.05, 4.69) is 267 Å². The van der Waals surface area contributed by atoms with Gasteiger partial charge in [-0.1, -0.05) is 218 Å². The lowest BCUT2D eigenvalue weighted by molar-refractivity contribution is 0.622. The maximum absolute atomic E-state index is 6.78. The van der Waals surface area contributed by atoms with Gasteiger partial charge in [-0.05, 0) is 130 Å². The summed E-state index contributed by atoms with van der Waals surface area (Å²) in [7, 11) is 0. The van der Waals surface area contributed by atoms with E-state index >= 15 is 0 Å². The van der Waals surface area contributed by atoms with Gasteiger partial charge in [0, 0.05) is 54.7 Å². The van der Waals surface area contributed by atoms with Crippen LogP contribution in [-0.2, 0) is 0 Å². The molecule has 15 aromatic carbocycles. The Morgan fingerprint density at radius 1 is 0.214 bits per heavy atom. The Morgan fingerprint density at radius 2 is 0.583 bits per heavy atom. The molecule has 0 spiro atoms. The maximum atomic E-state index is 6.78. The molecule has 388 valence electrons. The van der Waals surface area contributed by atoms with Gasteiger partial charge in [-0.3, -0.25) is 0 Å². The average molecular weight is 1070 g/mol. The summed E-state index contributed by atoms with van der Waals surface area (Å²) < 4.78 is 13.5. The van der Waals surface area contributed by atoms with Crippen LogP contribution in [0.25, 0.3) is 187 Å². The fraction of sp³-hybridized carbons (Fsp3) is 0. The zero-order valence-electron chi connectivity index (χ0n) is 45.0. The van der Waals surface area contributed by atoms with E-state index in [0.717, 1.165) is 137 Å². The lowest BCUT2D eigenvalue weighted by Gasteiger charge is -2.18. The number of benzene rings is 15. The van der Waals surface area contributed by atoms with Crippen LogP contribution in [0.4, 0.5) is 0 Å². The van der Waals surface area contributed by atoms with E-state index in [1.165, 1.54) is 32.3 Å². The van der Waals surface area contributed by atoms with Crippen LogP contribution in [0.5, 0.6) is 0 Å². The molecule has 84 heavy (non-hydrogen) atoms. The molecule has 6 heteroatoms. The van der Waals surface area contributed by atoms with E-state index in [-0.39, 0.29) is 0 Å². The van der Waals surface area contributed by atoms with Gasteiger partial charge in [-0.2, -0.15) is 0 Å². The third-order valence-corrected chi connectivity index (χ3v) is 17.3. The number of hydrogen-bond donors (Lipinski definition) is 0. The Morgan fingerprint density at radius 3 is 1.08 bits per heavy atom. The molecule has 0 atom stereocenters. The Hall–Kier alpha value is -11.3. The molecule has 0 saturated carbocycles. The normalized spacial score (nSPS) is 12.0. The van der Waals surface area contributed by atoms with Crippen molar-refractivity contribution in [2.45, 2.75) is 0 Å². The van der Waals surface area contributed by atoms with Crippen molar-refractivity contribution in [1.29, 1.82) is 0 Å². The highest BCUT2D eigenvalue weighted by Gasteiger charge is 2.23. The van der Waals surface area contributed by atoms with Crippen LogP contribution in [-0.4, -0.2) is 19.9 Å². The summed E-state index contributed by atoms with van der Waals surface area (Å²) in [5.41, 5.74) is 12.7. The number of fused-ring (bicyclic) bond motifs is 19. The second-order valence-electron chi connectivity index (χ2n) is 21.9. The molecule has 0 aliphatic rings. The second kappa shape index (κ2) is 18.1. The molecule has 6 nitrogen and oxygen atoms in total. The summed E-state index contributed by atoms with van der Waals surface area (Å²) >= 11 is 0. The Bertz CT molecular complexity index is 5660. The molecule has 3 aromatic heterocycles. The molecule has 0 N–H and O–H groups in total. The van der Waals surface area contributed by atoms with Gasteiger partial charge in [0.1, 0.15) is 11.0 Å². The minimum atomic E-state index is 0.554. The van der Waals surface area contributed by atoms with Gasteiger partial charge in [-0.15, -0.1) is 0 Å². The number of nitrogens with zero attached hydrogens (tertiary/aromatic N) is 4. The Kier molecular flexibility index (Phi) is 9.99. The maximum Gasteiger partial charge on any atom is 0.227 e.